The van der Waals surface area contributed by atoms with Crippen molar-refractivity contribution in [1.29, 1.82) is 0 Å². The fraction of sp³-hybridized carbons (Fsp3) is 0.375. The van der Waals surface area contributed by atoms with Crippen molar-refractivity contribution in [3.8, 4) is 0 Å². The number of amides is 2. The van der Waals surface area contributed by atoms with Crippen molar-refractivity contribution in [2.24, 2.45) is 0 Å². The van der Waals surface area contributed by atoms with Crippen LogP contribution < -0.4 is 0 Å². The molecule has 1 N–H and O–H groups in total. The minimum Gasteiger partial charge on any atom is -0.394 e. The van der Waals surface area contributed by atoms with Crippen molar-refractivity contribution in [3.63, 3.8) is 0 Å². The quantitative estimate of drug-likeness (QED) is 0.644. The molecule has 1 aliphatic heterocycles. The third-order valence-corrected chi connectivity index (χ3v) is 5.59. The molecule has 0 aliphatic carbocycles. The van der Waals surface area contributed by atoms with E-state index in [4.69, 9.17) is 4.74 Å². The lowest BCUT2D eigenvalue weighted by Crippen LogP contribution is -2.53. The molecule has 0 saturated heterocycles. The van der Waals surface area contributed by atoms with Gasteiger partial charge in [-0.25, -0.2) is 13.6 Å². The number of rotatable bonds is 8. The Hall–Kier alpha value is -2.77. The van der Waals surface area contributed by atoms with Gasteiger partial charge >= 0.3 is 6.03 Å². The Morgan fingerprint density at radius 2 is 1.87 bits per heavy atom. The molecule has 1 unspecified atom stereocenters. The third kappa shape index (κ3) is 4.62. The van der Waals surface area contributed by atoms with Crippen molar-refractivity contribution in [3.05, 3.63) is 77.4 Å². The van der Waals surface area contributed by atoms with E-state index in [1.807, 2.05) is 44.2 Å². The highest BCUT2D eigenvalue weighted by atomic mass is 19.1. The van der Waals surface area contributed by atoms with Gasteiger partial charge in [0.1, 0.15) is 17.2 Å². The Balaban J connectivity index is 2.16. The maximum Gasteiger partial charge on any atom is 0.321 e. The van der Waals surface area contributed by atoms with Crippen LogP contribution in [0.2, 0.25) is 0 Å². The Morgan fingerprint density at radius 3 is 2.52 bits per heavy atom. The molecule has 5 nitrogen and oxygen atoms in total. The zero-order valence-electron chi connectivity index (χ0n) is 17.9. The molecule has 0 radical (unpaired) electrons. The highest BCUT2D eigenvalue weighted by Crippen LogP contribution is 2.42. The summed E-state index contributed by atoms with van der Waals surface area (Å²) in [7, 11) is 0. The van der Waals surface area contributed by atoms with Crippen LogP contribution in [-0.2, 0) is 10.3 Å². The highest BCUT2D eigenvalue weighted by molar-refractivity contribution is 5.83. The van der Waals surface area contributed by atoms with Crippen molar-refractivity contribution >= 4 is 11.6 Å². The van der Waals surface area contributed by atoms with E-state index in [2.05, 4.69) is 0 Å². The van der Waals surface area contributed by atoms with Gasteiger partial charge in [0, 0.05) is 25.2 Å². The van der Waals surface area contributed by atoms with E-state index in [1.54, 1.807) is 15.9 Å². The minimum absolute atomic E-state index is 0.0744. The predicted octanol–water partition coefficient (Wildman–Crippen LogP) is 4.03. The molecule has 1 atom stereocenters. The molecule has 2 aromatic carbocycles. The van der Waals surface area contributed by atoms with E-state index in [0.29, 0.717) is 18.7 Å². The average Bonchev–Trinajstić information content (AvgIpc) is 3.17. The van der Waals surface area contributed by atoms with Crippen LogP contribution in [0.1, 0.15) is 25.0 Å². The molecule has 3 rings (SSSR count). The summed E-state index contributed by atoms with van der Waals surface area (Å²) in [6.45, 7) is 4.92. The van der Waals surface area contributed by atoms with Crippen molar-refractivity contribution in [1.82, 2.24) is 9.80 Å². The standard InChI is InChI=1S/C24H28F2N2O3/c1-3-27(4-2)23(30)28-16-18(21-14-20(25)10-11-22(21)26)15-24(28,17-31-13-12-29)19-8-6-5-7-9-19/h5-11,14-15,29H,3-4,12-13,16-17H2,1-2H3. The van der Waals surface area contributed by atoms with Gasteiger partial charge in [-0.1, -0.05) is 30.3 Å². The number of carbonyl (C=O) groups is 1. The molecule has 7 heteroatoms. The fourth-order valence-electron chi connectivity index (χ4n) is 3.99. The number of aliphatic hydroxyl groups is 1. The number of halogens is 2. The molecule has 2 aromatic rings. The molecule has 0 fully saturated rings. The number of aliphatic hydroxyl groups excluding tert-OH is 1. The largest absolute Gasteiger partial charge is 0.394 e. The van der Waals surface area contributed by atoms with Crippen LogP contribution in [0.4, 0.5) is 13.6 Å². The van der Waals surface area contributed by atoms with E-state index < -0.39 is 17.2 Å². The number of hydrogen-bond acceptors (Lipinski definition) is 3. The van der Waals surface area contributed by atoms with Crippen molar-refractivity contribution in [2.75, 3.05) is 39.5 Å². The zero-order valence-corrected chi connectivity index (χ0v) is 17.9. The molecular formula is C24H28F2N2O3. The maximum atomic E-state index is 14.6. The van der Waals surface area contributed by atoms with Gasteiger partial charge in [-0.05, 0) is 49.3 Å². The van der Waals surface area contributed by atoms with Gasteiger partial charge in [0.25, 0.3) is 0 Å². The molecule has 166 valence electrons. The summed E-state index contributed by atoms with van der Waals surface area (Å²) in [6, 6.07) is 12.4. The predicted molar refractivity (Wildman–Crippen MR) is 115 cm³/mol. The Kier molecular flexibility index (Phi) is 7.41. The Labute approximate surface area is 181 Å². The van der Waals surface area contributed by atoms with Gasteiger partial charge in [-0.2, -0.15) is 0 Å². The van der Waals surface area contributed by atoms with E-state index in [-0.39, 0.29) is 38.0 Å². The molecule has 31 heavy (non-hydrogen) atoms. The molecule has 2 amide bonds. The van der Waals surface area contributed by atoms with Gasteiger partial charge in [0.05, 0.1) is 19.8 Å². The third-order valence-electron chi connectivity index (χ3n) is 5.59. The van der Waals surface area contributed by atoms with Gasteiger partial charge in [0.2, 0.25) is 0 Å². The second kappa shape index (κ2) is 10.0. The molecule has 1 aliphatic rings. The van der Waals surface area contributed by atoms with E-state index >= 15 is 0 Å². The number of hydrogen-bond donors (Lipinski definition) is 1. The molecule has 0 aromatic heterocycles. The first kappa shape index (κ1) is 22.9. The fourth-order valence-corrected chi connectivity index (χ4v) is 3.99. The van der Waals surface area contributed by atoms with Crippen LogP contribution >= 0.6 is 0 Å². The second-order valence-corrected chi connectivity index (χ2v) is 7.40. The first-order valence-electron chi connectivity index (χ1n) is 10.4. The number of nitrogens with zero attached hydrogens (tertiary/aromatic N) is 2. The lowest BCUT2D eigenvalue weighted by molar-refractivity contribution is 0.0219. The van der Waals surface area contributed by atoms with Gasteiger partial charge < -0.3 is 19.6 Å². The smallest absolute Gasteiger partial charge is 0.321 e. The lowest BCUT2D eigenvalue weighted by Gasteiger charge is -2.40. The number of carbonyl (C=O) groups excluding carboxylic acids is 1. The normalized spacial score (nSPS) is 18.2. The van der Waals surface area contributed by atoms with Crippen LogP contribution in [0.3, 0.4) is 0 Å². The van der Waals surface area contributed by atoms with Crippen LogP contribution in [0.15, 0.2) is 54.6 Å². The minimum atomic E-state index is -1.02. The molecular weight excluding hydrogens is 402 g/mol. The van der Waals surface area contributed by atoms with E-state index in [0.717, 1.165) is 23.8 Å². The van der Waals surface area contributed by atoms with Gasteiger partial charge in [0.15, 0.2) is 0 Å². The monoisotopic (exact) mass is 430 g/mol. The van der Waals surface area contributed by atoms with Crippen LogP contribution in [0.25, 0.3) is 5.57 Å². The van der Waals surface area contributed by atoms with Crippen LogP contribution in [0.5, 0.6) is 0 Å². The summed E-state index contributed by atoms with van der Waals surface area (Å²) in [5.41, 5.74) is 0.399. The second-order valence-electron chi connectivity index (χ2n) is 7.40. The van der Waals surface area contributed by atoms with Crippen LogP contribution in [0, 0.1) is 11.6 Å². The maximum absolute atomic E-state index is 14.6. The Bertz CT molecular complexity index is 932. The number of benzene rings is 2. The van der Waals surface area contributed by atoms with Crippen LogP contribution in [-0.4, -0.2) is 60.4 Å². The average molecular weight is 430 g/mol. The molecule has 0 saturated carbocycles. The highest BCUT2D eigenvalue weighted by Gasteiger charge is 2.46. The summed E-state index contributed by atoms with van der Waals surface area (Å²) in [4.78, 5) is 16.8. The van der Waals surface area contributed by atoms with Crippen molar-refractivity contribution in [2.45, 2.75) is 19.4 Å². The first-order valence-corrected chi connectivity index (χ1v) is 10.4. The molecule has 0 spiro atoms. The summed E-state index contributed by atoms with van der Waals surface area (Å²) in [6.07, 6.45) is 1.79. The Morgan fingerprint density at radius 1 is 1.16 bits per heavy atom. The zero-order chi connectivity index (χ0) is 22.4. The summed E-state index contributed by atoms with van der Waals surface area (Å²) < 4.78 is 34.3. The van der Waals surface area contributed by atoms with E-state index in [9.17, 15) is 18.7 Å². The SMILES string of the molecule is CCN(CC)C(=O)N1CC(c2cc(F)ccc2F)=CC1(COCCO)c1ccccc1. The summed E-state index contributed by atoms with van der Waals surface area (Å²) in [5.74, 6) is -1.10. The molecule has 0 bridgehead atoms. The van der Waals surface area contributed by atoms with E-state index in [1.165, 1.54) is 0 Å². The number of urea groups is 1. The van der Waals surface area contributed by atoms with Crippen molar-refractivity contribution < 1.29 is 23.4 Å². The van der Waals surface area contributed by atoms with Gasteiger partial charge in [-0.15, -0.1) is 0 Å². The summed E-state index contributed by atoms with van der Waals surface area (Å²) in [5, 5.41) is 9.21. The van der Waals surface area contributed by atoms with Gasteiger partial charge in [-0.3, -0.25) is 0 Å². The summed E-state index contributed by atoms with van der Waals surface area (Å²) >= 11 is 0. The first-order chi connectivity index (χ1) is 15.0. The molecule has 1 heterocycles. The topological polar surface area (TPSA) is 53.0 Å². The number of ether oxygens (including phenoxy) is 1. The lowest BCUT2D eigenvalue weighted by atomic mass is 9.89.